The molecule has 2 unspecified atom stereocenters. The topological polar surface area (TPSA) is 116 Å². The van der Waals surface area contributed by atoms with Gasteiger partial charge in [-0.2, -0.15) is 0 Å². The van der Waals surface area contributed by atoms with Crippen LogP contribution in [0.5, 0.6) is 0 Å². The lowest BCUT2D eigenvalue weighted by molar-refractivity contribution is -0.118. The summed E-state index contributed by atoms with van der Waals surface area (Å²) in [7, 11) is -3.88. The number of rotatable bonds is 18. The third-order valence-corrected chi connectivity index (χ3v) is 9.80. The molecule has 3 rings (SSSR count). The van der Waals surface area contributed by atoms with Crippen molar-refractivity contribution in [1.82, 2.24) is 10.2 Å². The summed E-state index contributed by atoms with van der Waals surface area (Å²) >= 11 is 0. The predicted molar refractivity (Wildman–Crippen MR) is 182 cm³/mol. The maximum atomic E-state index is 13.5. The van der Waals surface area contributed by atoms with Crippen molar-refractivity contribution in [2.45, 2.75) is 65.3 Å². The van der Waals surface area contributed by atoms with Crippen LogP contribution in [0.15, 0.2) is 84.9 Å². The largest absolute Gasteiger partial charge is 0.345 e. The zero-order valence-corrected chi connectivity index (χ0v) is 27.7. The van der Waals surface area contributed by atoms with Crippen LogP contribution in [0.25, 0.3) is 0 Å². The minimum Gasteiger partial charge on any atom is -0.345 e. The van der Waals surface area contributed by atoms with Gasteiger partial charge in [0.25, 0.3) is 11.8 Å². The van der Waals surface area contributed by atoms with E-state index in [0.717, 1.165) is 38.5 Å². The molecule has 45 heavy (non-hydrogen) atoms. The first-order chi connectivity index (χ1) is 21.6. The summed E-state index contributed by atoms with van der Waals surface area (Å²) in [5.74, 6) is -1.62. The van der Waals surface area contributed by atoms with Crippen LogP contribution in [0.1, 0.15) is 91.6 Å². The molecule has 0 aliphatic heterocycles. The normalized spacial score (nSPS) is 13.7. The van der Waals surface area contributed by atoms with Crippen molar-refractivity contribution in [2.75, 3.05) is 30.7 Å². The fourth-order valence-corrected chi connectivity index (χ4v) is 7.26. The van der Waals surface area contributed by atoms with Crippen LogP contribution < -0.4 is 10.6 Å². The summed E-state index contributed by atoms with van der Waals surface area (Å²) < 4.78 is 13.5. The molecule has 3 N–H and O–H groups in total. The smallest absolute Gasteiger partial charge is 0.253 e. The molecule has 0 aromatic heterocycles. The maximum absolute atomic E-state index is 13.5. The van der Waals surface area contributed by atoms with Gasteiger partial charge in [-0.05, 0) is 48.7 Å². The van der Waals surface area contributed by atoms with Crippen LogP contribution in [0, 0.1) is 5.92 Å². The third-order valence-electron chi connectivity index (χ3n) is 7.75. The average Bonchev–Trinajstić information content (AvgIpc) is 3.04. The van der Waals surface area contributed by atoms with E-state index >= 15 is 0 Å². The molecule has 0 aliphatic carbocycles. The molecule has 0 bridgehead atoms. The van der Waals surface area contributed by atoms with Crippen LogP contribution in [0.3, 0.4) is 0 Å². The highest BCUT2D eigenvalue weighted by Crippen LogP contribution is 2.46. The number of carbonyl (C=O) groups excluding carboxylic acids is 3. The van der Waals surface area contributed by atoms with E-state index in [1.165, 1.54) is 0 Å². The van der Waals surface area contributed by atoms with E-state index < -0.39 is 25.2 Å². The van der Waals surface area contributed by atoms with Crippen molar-refractivity contribution in [3.63, 3.8) is 0 Å². The Morgan fingerprint density at radius 2 is 1.36 bits per heavy atom. The highest BCUT2D eigenvalue weighted by molar-refractivity contribution is 7.58. The highest BCUT2D eigenvalue weighted by Gasteiger charge is 2.31. The van der Waals surface area contributed by atoms with Crippen LogP contribution in [0.2, 0.25) is 0 Å². The molecular formula is C36H48N3O5P. The molecule has 9 heteroatoms. The quantitative estimate of drug-likeness (QED) is 0.0990. The van der Waals surface area contributed by atoms with Gasteiger partial charge in [-0.1, -0.05) is 101 Å². The number of nitrogens with zero attached hydrogens (tertiary/aromatic N) is 1. The van der Waals surface area contributed by atoms with E-state index in [4.69, 9.17) is 0 Å². The minimum absolute atomic E-state index is 0.0981. The van der Waals surface area contributed by atoms with Gasteiger partial charge in [-0.25, -0.2) is 0 Å². The number of carbonyl (C=O) groups is 3. The van der Waals surface area contributed by atoms with E-state index in [-0.39, 0.29) is 24.1 Å². The van der Waals surface area contributed by atoms with Gasteiger partial charge in [0.1, 0.15) is 0 Å². The molecule has 0 fully saturated rings. The van der Waals surface area contributed by atoms with Gasteiger partial charge in [-0.15, -0.1) is 0 Å². The van der Waals surface area contributed by atoms with Crippen LogP contribution in [-0.2, 0) is 9.36 Å². The molecule has 0 heterocycles. The molecule has 0 saturated carbocycles. The van der Waals surface area contributed by atoms with Crippen LogP contribution >= 0.6 is 7.37 Å². The van der Waals surface area contributed by atoms with E-state index in [1.807, 2.05) is 17.0 Å². The lowest BCUT2D eigenvalue weighted by Crippen LogP contribution is -2.34. The standard InChI is InChI=1S/C36H48N3O5P/c1-4-6-14-23-39(24-15-7-5-2)36(42)31-20-16-19-30(25-31)35(41)38-33(29-17-10-8-11-18-29)27-45(43,44)26-28(3)34(40)37-32-21-12-9-13-22-32/h8-13,16-22,25,28,33H,4-7,14-15,23-24,26-27H2,1-3H3,(H,37,40)(H,38,41)(H,43,44)/t28?,33-/m1/s1. The first-order valence-corrected chi connectivity index (χ1v) is 18.1. The molecule has 3 atom stereocenters. The third kappa shape index (κ3) is 11.9. The van der Waals surface area contributed by atoms with Gasteiger partial charge in [0.2, 0.25) is 13.3 Å². The number of amides is 3. The van der Waals surface area contributed by atoms with E-state index in [9.17, 15) is 23.8 Å². The zero-order valence-electron chi connectivity index (χ0n) is 26.8. The van der Waals surface area contributed by atoms with Gasteiger partial charge in [0.15, 0.2) is 0 Å². The molecule has 3 amide bonds. The van der Waals surface area contributed by atoms with Crippen molar-refractivity contribution in [2.24, 2.45) is 5.92 Å². The number of benzene rings is 3. The van der Waals surface area contributed by atoms with E-state index in [0.29, 0.717) is 35.5 Å². The molecular weight excluding hydrogens is 585 g/mol. The Balaban J connectivity index is 1.74. The molecule has 3 aromatic rings. The fourth-order valence-electron chi connectivity index (χ4n) is 5.22. The first kappa shape index (κ1) is 35.7. The SMILES string of the molecule is CCCCCN(CCCCC)C(=O)c1cccc(C(=O)N[C@H](CP(=O)(O)CC(C)C(=O)Nc2ccccc2)c2ccccc2)c1. The summed E-state index contributed by atoms with van der Waals surface area (Å²) in [6.45, 7) is 7.24. The highest BCUT2D eigenvalue weighted by atomic mass is 31.2. The van der Waals surface area contributed by atoms with Gasteiger partial charge >= 0.3 is 0 Å². The molecule has 0 saturated heterocycles. The summed E-state index contributed by atoms with van der Waals surface area (Å²) in [5, 5.41) is 5.71. The number of unbranched alkanes of at least 4 members (excludes halogenated alkanes) is 4. The lowest BCUT2D eigenvalue weighted by Gasteiger charge is -2.24. The van der Waals surface area contributed by atoms with Crippen molar-refractivity contribution >= 4 is 30.8 Å². The second kappa shape index (κ2) is 18.3. The van der Waals surface area contributed by atoms with Crippen molar-refractivity contribution in [3.05, 3.63) is 102 Å². The summed E-state index contributed by atoms with van der Waals surface area (Å²) in [5.41, 5.74) is 2.03. The zero-order chi connectivity index (χ0) is 32.7. The van der Waals surface area contributed by atoms with Gasteiger partial charge in [0, 0.05) is 48.1 Å². The monoisotopic (exact) mass is 633 g/mol. The van der Waals surface area contributed by atoms with Crippen LogP contribution in [-0.4, -0.2) is 52.9 Å². The molecule has 0 spiro atoms. The maximum Gasteiger partial charge on any atom is 0.253 e. The predicted octanol–water partition coefficient (Wildman–Crippen LogP) is 7.53. The lowest BCUT2D eigenvalue weighted by atomic mass is 10.1. The Morgan fingerprint density at radius 1 is 0.778 bits per heavy atom. The van der Waals surface area contributed by atoms with E-state index in [1.54, 1.807) is 79.7 Å². The van der Waals surface area contributed by atoms with Crippen molar-refractivity contribution in [1.29, 1.82) is 0 Å². The summed E-state index contributed by atoms with van der Waals surface area (Å²) in [4.78, 5) is 52.7. The summed E-state index contributed by atoms with van der Waals surface area (Å²) in [6.07, 6.45) is 5.61. The Hall–Kier alpha value is -3.74. The molecule has 0 aliphatic rings. The fraction of sp³-hybridized carbons (Fsp3) is 0.417. The number of anilines is 1. The molecule has 242 valence electrons. The molecule has 8 nitrogen and oxygen atoms in total. The molecule has 0 radical (unpaired) electrons. The number of hydrogen-bond acceptors (Lipinski definition) is 4. The minimum atomic E-state index is -3.88. The van der Waals surface area contributed by atoms with Gasteiger partial charge in [0.05, 0.1) is 6.04 Å². The van der Waals surface area contributed by atoms with Gasteiger partial charge < -0.3 is 20.4 Å². The molecule has 3 aromatic carbocycles. The average molecular weight is 634 g/mol. The Morgan fingerprint density at radius 3 is 1.96 bits per heavy atom. The Bertz CT molecular complexity index is 1410. The van der Waals surface area contributed by atoms with Gasteiger partial charge in [-0.3, -0.25) is 18.9 Å². The number of para-hydroxylation sites is 1. The first-order valence-electron chi connectivity index (χ1n) is 16.1. The van der Waals surface area contributed by atoms with E-state index in [2.05, 4.69) is 24.5 Å². The Labute approximate surface area is 268 Å². The van der Waals surface area contributed by atoms with Crippen molar-refractivity contribution < 1.29 is 23.8 Å². The Kier molecular flexibility index (Phi) is 14.5. The van der Waals surface area contributed by atoms with Crippen LogP contribution in [0.4, 0.5) is 5.69 Å². The summed E-state index contributed by atoms with van der Waals surface area (Å²) in [6, 6.07) is 23.8. The number of nitrogens with one attached hydrogen (secondary N) is 2. The second-order valence-corrected chi connectivity index (χ2v) is 14.1. The van der Waals surface area contributed by atoms with Crippen molar-refractivity contribution in [3.8, 4) is 0 Å². The number of hydrogen-bond donors (Lipinski definition) is 3. The second-order valence-electron chi connectivity index (χ2n) is 11.7.